The topological polar surface area (TPSA) is 104 Å². The van der Waals surface area contributed by atoms with Gasteiger partial charge in [0.15, 0.2) is 0 Å². The van der Waals surface area contributed by atoms with Gasteiger partial charge in [0.05, 0.1) is 6.54 Å². The van der Waals surface area contributed by atoms with Crippen LogP contribution in [0, 0.1) is 0 Å². The monoisotopic (exact) mass is 266 g/mol. The highest BCUT2D eigenvalue weighted by Gasteiger charge is 2.27. The molecule has 8 heteroatoms. The zero-order valence-electron chi connectivity index (χ0n) is 10.4. The van der Waals surface area contributed by atoms with Crippen LogP contribution >= 0.6 is 0 Å². The van der Waals surface area contributed by atoms with Gasteiger partial charge in [0.25, 0.3) is 11.5 Å². The zero-order valence-corrected chi connectivity index (χ0v) is 10.4. The molecule has 1 aromatic heterocycles. The van der Waals surface area contributed by atoms with Gasteiger partial charge < -0.3 is 15.0 Å². The lowest BCUT2D eigenvalue weighted by molar-refractivity contribution is 0.0938. The normalized spacial score (nSPS) is 18.3. The largest absolute Gasteiger partial charge is 0.444 e. The second-order valence-electron chi connectivity index (χ2n) is 4.24. The lowest BCUT2D eigenvalue weighted by atomic mass is 10.2. The first-order valence-electron chi connectivity index (χ1n) is 5.82. The van der Waals surface area contributed by atoms with Gasteiger partial charge in [0, 0.05) is 26.1 Å². The number of nitrogens with one attached hydrogen (secondary N) is 2. The first kappa shape index (κ1) is 13.1. The molecule has 0 saturated carbocycles. The summed E-state index contributed by atoms with van der Waals surface area (Å²) in [5.41, 5.74) is -0.224. The van der Waals surface area contributed by atoms with Crippen LogP contribution in [0.3, 0.4) is 0 Å². The molecule has 1 atom stereocenters. The number of rotatable bonds is 4. The first-order chi connectivity index (χ1) is 9.06. The number of hydrogen-bond donors (Lipinski definition) is 2. The van der Waals surface area contributed by atoms with Gasteiger partial charge in [-0.05, 0) is 6.07 Å². The Bertz CT molecular complexity index is 521. The van der Waals surface area contributed by atoms with Gasteiger partial charge in [-0.25, -0.2) is 9.89 Å². The number of carbonyl (C=O) groups excluding carboxylic acids is 2. The summed E-state index contributed by atoms with van der Waals surface area (Å²) in [6.07, 6.45) is -0.0227. The minimum atomic E-state index is -0.381. The third-order valence-corrected chi connectivity index (χ3v) is 2.72. The number of H-pyrrole nitrogens is 1. The van der Waals surface area contributed by atoms with Crippen LogP contribution < -0.4 is 10.9 Å². The van der Waals surface area contributed by atoms with Crippen LogP contribution in [0.5, 0.6) is 0 Å². The van der Waals surface area contributed by atoms with Crippen molar-refractivity contribution in [1.82, 2.24) is 20.4 Å². The summed E-state index contributed by atoms with van der Waals surface area (Å²) in [4.78, 5) is 35.0. The van der Waals surface area contributed by atoms with Gasteiger partial charge in [-0.15, -0.1) is 0 Å². The minimum absolute atomic E-state index is 0.139. The highest BCUT2D eigenvalue weighted by Crippen LogP contribution is 2.11. The Hall–Kier alpha value is -2.38. The average molecular weight is 266 g/mol. The lowest BCUT2D eigenvalue weighted by Crippen LogP contribution is -2.29. The van der Waals surface area contributed by atoms with E-state index in [0.717, 1.165) is 0 Å². The van der Waals surface area contributed by atoms with Gasteiger partial charge in [-0.2, -0.15) is 5.10 Å². The number of amides is 2. The van der Waals surface area contributed by atoms with Crippen LogP contribution in [0.1, 0.15) is 16.9 Å². The molecule has 8 nitrogen and oxygen atoms in total. The van der Waals surface area contributed by atoms with E-state index >= 15 is 0 Å². The lowest BCUT2D eigenvalue weighted by Gasteiger charge is -2.08. The molecule has 102 valence electrons. The summed E-state index contributed by atoms with van der Waals surface area (Å²) in [5.74, 6) is -0.381. The fraction of sp³-hybridized carbons (Fsp3) is 0.455. The molecule has 19 heavy (non-hydrogen) atoms. The molecule has 2 rings (SSSR count). The number of nitrogens with zero attached hydrogens (tertiary/aromatic N) is 2. The highest BCUT2D eigenvalue weighted by molar-refractivity contribution is 5.91. The van der Waals surface area contributed by atoms with E-state index in [0.29, 0.717) is 19.5 Å². The number of aromatic amines is 1. The Balaban J connectivity index is 1.77. The predicted molar refractivity (Wildman–Crippen MR) is 64.7 cm³/mol. The molecule has 1 aliphatic rings. The predicted octanol–water partition coefficient (Wildman–Crippen LogP) is -0.660. The summed E-state index contributed by atoms with van der Waals surface area (Å²) >= 11 is 0. The van der Waals surface area contributed by atoms with E-state index in [1.54, 1.807) is 7.05 Å². The van der Waals surface area contributed by atoms with Crippen molar-refractivity contribution in [2.45, 2.75) is 12.5 Å². The number of hydrogen-bond acceptors (Lipinski definition) is 5. The Morgan fingerprint density at radius 1 is 1.58 bits per heavy atom. The van der Waals surface area contributed by atoms with Crippen LogP contribution in [0.25, 0.3) is 0 Å². The zero-order chi connectivity index (χ0) is 13.8. The third-order valence-electron chi connectivity index (χ3n) is 2.72. The second-order valence-corrected chi connectivity index (χ2v) is 4.24. The molecule has 0 bridgehead atoms. The molecule has 2 heterocycles. The molecule has 1 unspecified atom stereocenters. The maximum atomic E-state index is 11.6. The van der Waals surface area contributed by atoms with Crippen molar-refractivity contribution in [3.05, 3.63) is 28.2 Å². The van der Waals surface area contributed by atoms with E-state index in [9.17, 15) is 14.4 Å². The molecule has 1 aliphatic heterocycles. The summed E-state index contributed by atoms with van der Waals surface area (Å²) in [6, 6.07) is 2.58. The van der Waals surface area contributed by atoms with Crippen molar-refractivity contribution in [2.24, 2.45) is 0 Å². The number of likely N-dealkylation sites (N-methyl/N-ethyl adjacent to an activating group) is 1. The number of ether oxygens (including phenoxy) is 1. The summed E-state index contributed by atoms with van der Waals surface area (Å²) in [7, 11) is 1.66. The van der Waals surface area contributed by atoms with Gasteiger partial charge in [-0.1, -0.05) is 0 Å². The van der Waals surface area contributed by atoms with Crippen LogP contribution in [0.2, 0.25) is 0 Å². The molecule has 0 radical (unpaired) electrons. The fourth-order valence-electron chi connectivity index (χ4n) is 1.71. The molecular weight excluding hydrogens is 252 g/mol. The van der Waals surface area contributed by atoms with Gasteiger partial charge in [0.1, 0.15) is 11.8 Å². The van der Waals surface area contributed by atoms with Crippen molar-refractivity contribution < 1.29 is 14.3 Å². The Morgan fingerprint density at radius 3 is 2.95 bits per heavy atom. The van der Waals surface area contributed by atoms with Crippen molar-refractivity contribution >= 4 is 12.0 Å². The van der Waals surface area contributed by atoms with E-state index < -0.39 is 0 Å². The molecule has 1 fully saturated rings. The smallest absolute Gasteiger partial charge is 0.409 e. The van der Waals surface area contributed by atoms with Crippen molar-refractivity contribution in [3.63, 3.8) is 0 Å². The maximum absolute atomic E-state index is 11.6. The second kappa shape index (κ2) is 5.51. The SMILES string of the molecule is CN1CC(CCNC(=O)c2ccc(=O)[nH]n2)OC1=O. The Labute approximate surface area is 108 Å². The summed E-state index contributed by atoms with van der Waals surface area (Å²) < 4.78 is 5.05. The van der Waals surface area contributed by atoms with Crippen LogP contribution in [-0.4, -0.2) is 53.3 Å². The van der Waals surface area contributed by atoms with E-state index in [2.05, 4.69) is 15.5 Å². The van der Waals surface area contributed by atoms with Gasteiger partial charge in [-0.3, -0.25) is 9.59 Å². The van der Waals surface area contributed by atoms with E-state index in [-0.39, 0.29) is 29.4 Å². The molecule has 1 saturated heterocycles. The quantitative estimate of drug-likeness (QED) is 0.752. The van der Waals surface area contributed by atoms with Crippen LogP contribution in [-0.2, 0) is 4.74 Å². The van der Waals surface area contributed by atoms with E-state index in [4.69, 9.17) is 4.74 Å². The molecule has 0 aromatic carbocycles. The molecule has 2 N–H and O–H groups in total. The molecule has 1 aromatic rings. The Kier molecular flexibility index (Phi) is 3.79. The van der Waals surface area contributed by atoms with Crippen LogP contribution in [0.4, 0.5) is 4.79 Å². The first-order valence-corrected chi connectivity index (χ1v) is 5.82. The van der Waals surface area contributed by atoms with Crippen molar-refractivity contribution in [2.75, 3.05) is 20.1 Å². The van der Waals surface area contributed by atoms with E-state index in [1.165, 1.54) is 17.0 Å². The van der Waals surface area contributed by atoms with Crippen LogP contribution in [0.15, 0.2) is 16.9 Å². The maximum Gasteiger partial charge on any atom is 0.409 e. The number of carbonyl (C=O) groups is 2. The molecule has 0 aliphatic carbocycles. The molecule has 0 spiro atoms. The Morgan fingerprint density at radius 2 is 2.37 bits per heavy atom. The molecule has 2 amide bonds. The summed E-state index contributed by atoms with van der Waals surface area (Å²) in [6.45, 7) is 0.886. The van der Waals surface area contributed by atoms with Crippen molar-refractivity contribution in [3.8, 4) is 0 Å². The van der Waals surface area contributed by atoms with Gasteiger partial charge in [0.2, 0.25) is 0 Å². The summed E-state index contributed by atoms with van der Waals surface area (Å²) in [5, 5.41) is 8.43. The third kappa shape index (κ3) is 3.30. The standard InChI is InChI=1S/C11H14N4O4/c1-15-6-7(19-11(15)18)4-5-12-10(17)8-2-3-9(16)14-13-8/h2-3,7H,4-6H2,1H3,(H,12,17)(H,14,16). The molecular formula is C11H14N4O4. The average Bonchev–Trinajstić information content (AvgIpc) is 2.69. The van der Waals surface area contributed by atoms with E-state index in [1.807, 2.05) is 0 Å². The minimum Gasteiger partial charge on any atom is -0.444 e. The van der Waals surface area contributed by atoms with Crippen molar-refractivity contribution in [1.29, 1.82) is 0 Å². The number of aromatic nitrogens is 2. The number of cyclic esters (lactones) is 1. The fourth-order valence-corrected chi connectivity index (χ4v) is 1.71. The highest BCUT2D eigenvalue weighted by atomic mass is 16.6. The van der Waals surface area contributed by atoms with Gasteiger partial charge >= 0.3 is 6.09 Å².